The highest BCUT2D eigenvalue weighted by atomic mass is 35.5. The van der Waals surface area contributed by atoms with Crippen LogP contribution in [-0.4, -0.2) is 16.9 Å². The number of hydrogen-bond acceptors (Lipinski definition) is 4. The van der Waals surface area contributed by atoms with E-state index in [2.05, 4.69) is 5.32 Å². The van der Waals surface area contributed by atoms with Gasteiger partial charge in [-0.15, -0.1) is 0 Å². The molecule has 0 aliphatic heterocycles. The van der Waals surface area contributed by atoms with Crippen LogP contribution < -0.4 is 11.1 Å². The zero-order valence-electron chi connectivity index (χ0n) is 9.02. The molecule has 8 heteroatoms. The average Bonchev–Trinajstić information content (AvgIpc) is 3.05. The first-order valence-electron chi connectivity index (χ1n) is 5.09. The summed E-state index contributed by atoms with van der Waals surface area (Å²) in [6, 6.07) is 2.11. The molecule has 0 bridgehead atoms. The van der Waals surface area contributed by atoms with Gasteiger partial charge in [0.25, 0.3) is 0 Å². The number of anilines is 2. The quantitative estimate of drug-likeness (QED) is 0.506. The maximum atomic E-state index is 11.7. The van der Waals surface area contributed by atoms with Crippen LogP contribution in [-0.2, 0) is 4.79 Å². The first kappa shape index (κ1) is 12.9. The number of benzene rings is 1. The molecule has 0 spiro atoms. The van der Waals surface area contributed by atoms with E-state index < -0.39 is 22.8 Å². The Morgan fingerprint density at radius 2 is 2.00 bits per heavy atom. The third-order valence-electron chi connectivity index (χ3n) is 2.71. The molecular formula is C10H9Cl2N3O3. The van der Waals surface area contributed by atoms with Gasteiger partial charge in [-0.05, 0) is 12.1 Å². The van der Waals surface area contributed by atoms with E-state index in [1.165, 1.54) is 12.1 Å². The molecule has 2 atom stereocenters. The molecule has 1 fully saturated rings. The fourth-order valence-corrected chi connectivity index (χ4v) is 2.07. The summed E-state index contributed by atoms with van der Waals surface area (Å²) >= 11 is 11.6. The maximum absolute atomic E-state index is 11.7. The predicted molar refractivity (Wildman–Crippen MR) is 68.4 cm³/mol. The number of nitrogens with one attached hydrogen (secondary N) is 1. The van der Waals surface area contributed by atoms with Crippen molar-refractivity contribution in [2.24, 2.45) is 5.92 Å². The number of carbonyl (C=O) groups excluding carboxylic acids is 1. The fraction of sp³-hybridized carbons (Fsp3) is 0.300. The molecule has 0 heterocycles. The Labute approximate surface area is 112 Å². The SMILES string of the molecule is Nc1c(Cl)cc(NC(=O)[C@H]2C[C@@H]2[N+](=O)[O-])cc1Cl. The lowest BCUT2D eigenvalue weighted by Gasteiger charge is -2.07. The average molecular weight is 290 g/mol. The van der Waals surface area contributed by atoms with Crippen LogP contribution in [0, 0.1) is 16.0 Å². The van der Waals surface area contributed by atoms with E-state index in [-0.39, 0.29) is 22.2 Å². The van der Waals surface area contributed by atoms with Crippen molar-refractivity contribution in [3.05, 3.63) is 32.3 Å². The van der Waals surface area contributed by atoms with Gasteiger partial charge >= 0.3 is 0 Å². The lowest BCUT2D eigenvalue weighted by atomic mass is 10.2. The van der Waals surface area contributed by atoms with E-state index in [0.29, 0.717) is 5.69 Å². The Kier molecular flexibility index (Phi) is 3.32. The molecule has 0 saturated heterocycles. The molecule has 0 radical (unpaired) electrons. The number of rotatable bonds is 3. The summed E-state index contributed by atoms with van der Waals surface area (Å²) in [5.74, 6) is -0.997. The van der Waals surface area contributed by atoms with Gasteiger partial charge in [0.15, 0.2) is 0 Å². The summed E-state index contributed by atoms with van der Waals surface area (Å²) in [6.45, 7) is 0. The number of nitrogen functional groups attached to an aromatic ring is 1. The van der Waals surface area contributed by atoms with Gasteiger partial charge in [0.1, 0.15) is 5.92 Å². The Bertz CT molecular complexity index is 512. The van der Waals surface area contributed by atoms with Crippen molar-refractivity contribution in [1.29, 1.82) is 0 Å². The summed E-state index contributed by atoms with van der Waals surface area (Å²) in [7, 11) is 0. The number of nitrogens with two attached hydrogens (primary N) is 1. The molecule has 1 aromatic rings. The van der Waals surface area contributed by atoms with Crippen LogP contribution >= 0.6 is 23.2 Å². The number of carbonyl (C=O) groups is 1. The molecule has 3 N–H and O–H groups in total. The van der Waals surface area contributed by atoms with E-state index in [1.54, 1.807) is 0 Å². The van der Waals surface area contributed by atoms with Crippen molar-refractivity contribution in [2.75, 3.05) is 11.1 Å². The molecule has 6 nitrogen and oxygen atoms in total. The van der Waals surface area contributed by atoms with E-state index in [9.17, 15) is 14.9 Å². The zero-order chi connectivity index (χ0) is 13.4. The summed E-state index contributed by atoms with van der Waals surface area (Å²) in [6.07, 6.45) is 0.259. The van der Waals surface area contributed by atoms with Crippen molar-refractivity contribution < 1.29 is 9.72 Å². The number of nitro groups is 1. The zero-order valence-corrected chi connectivity index (χ0v) is 10.5. The van der Waals surface area contributed by atoms with Crippen molar-refractivity contribution >= 4 is 40.5 Å². The summed E-state index contributed by atoms with van der Waals surface area (Å²) < 4.78 is 0. The number of amides is 1. The van der Waals surface area contributed by atoms with Crippen LogP contribution in [0.5, 0.6) is 0 Å². The fourth-order valence-electron chi connectivity index (χ4n) is 1.59. The Morgan fingerprint density at radius 3 is 2.44 bits per heavy atom. The van der Waals surface area contributed by atoms with Gasteiger partial charge < -0.3 is 11.1 Å². The van der Waals surface area contributed by atoms with Gasteiger partial charge in [-0.3, -0.25) is 14.9 Å². The summed E-state index contributed by atoms with van der Waals surface area (Å²) in [5.41, 5.74) is 6.15. The largest absolute Gasteiger partial charge is 0.396 e. The highest BCUT2D eigenvalue weighted by molar-refractivity contribution is 6.39. The Hall–Kier alpha value is -1.53. The maximum Gasteiger partial charge on any atom is 0.234 e. The summed E-state index contributed by atoms with van der Waals surface area (Å²) in [5, 5.41) is 13.4. The second-order valence-corrected chi connectivity index (χ2v) is 4.85. The second kappa shape index (κ2) is 4.62. The standard InChI is InChI=1S/C10H9Cl2N3O3/c11-6-1-4(2-7(12)9(6)13)14-10(16)5-3-8(5)15(17)18/h1-2,5,8H,3,13H2,(H,14,16)/t5-,8-/m0/s1. The topological polar surface area (TPSA) is 98.3 Å². The van der Waals surface area contributed by atoms with Crippen LogP contribution in [0.15, 0.2) is 12.1 Å². The third kappa shape index (κ3) is 2.49. The highest BCUT2D eigenvalue weighted by Gasteiger charge is 2.53. The molecule has 1 aliphatic carbocycles. The van der Waals surface area contributed by atoms with Crippen LogP contribution in [0.3, 0.4) is 0 Å². The molecule has 18 heavy (non-hydrogen) atoms. The molecular weight excluding hydrogens is 281 g/mol. The van der Waals surface area contributed by atoms with Crippen molar-refractivity contribution in [2.45, 2.75) is 12.5 Å². The van der Waals surface area contributed by atoms with Crippen LogP contribution in [0.1, 0.15) is 6.42 Å². The minimum atomic E-state index is -0.787. The van der Waals surface area contributed by atoms with Gasteiger partial charge in [0.2, 0.25) is 11.9 Å². The molecule has 1 saturated carbocycles. The first-order chi connectivity index (χ1) is 8.40. The van der Waals surface area contributed by atoms with Crippen LogP contribution in [0.25, 0.3) is 0 Å². The van der Waals surface area contributed by atoms with Gasteiger partial charge in [-0.2, -0.15) is 0 Å². The van der Waals surface area contributed by atoms with Crippen LogP contribution in [0.2, 0.25) is 10.0 Å². The molecule has 1 aliphatic rings. The lowest BCUT2D eigenvalue weighted by molar-refractivity contribution is -0.497. The van der Waals surface area contributed by atoms with Crippen LogP contribution in [0.4, 0.5) is 11.4 Å². The Balaban J connectivity index is 2.07. The molecule has 0 unspecified atom stereocenters. The molecule has 2 rings (SSSR count). The highest BCUT2D eigenvalue weighted by Crippen LogP contribution is 2.35. The van der Waals surface area contributed by atoms with Crippen molar-refractivity contribution in [3.8, 4) is 0 Å². The number of hydrogen-bond donors (Lipinski definition) is 2. The normalized spacial score (nSPS) is 21.4. The van der Waals surface area contributed by atoms with Crippen molar-refractivity contribution in [1.82, 2.24) is 0 Å². The third-order valence-corrected chi connectivity index (χ3v) is 3.34. The number of nitrogens with zero attached hydrogens (tertiary/aromatic N) is 1. The van der Waals surface area contributed by atoms with E-state index >= 15 is 0 Å². The minimum Gasteiger partial charge on any atom is -0.396 e. The molecule has 1 aromatic carbocycles. The van der Waals surface area contributed by atoms with Gasteiger partial charge in [-0.25, -0.2) is 0 Å². The lowest BCUT2D eigenvalue weighted by Crippen LogP contribution is -2.18. The van der Waals surface area contributed by atoms with E-state index in [0.717, 1.165) is 0 Å². The molecule has 0 aromatic heterocycles. The monoisotopic (exact) mass is 289 g/mol. The summed E-state index contributed by atoms with van der Waals surface area (Å²) in [4.78, 5) is 21.7. The minimum absolute atomic E-state index is 0.222. The predicted octanol–water partition coefficient (Wildman–Crippen LogP) is 2.18. The Morgan fingerprint density at radius 1 is 1.44 bits per heavy atom. The van der Waals surface area contributed by atoms with E-state index in [1.807, 2.05) is 0 Å². The molecule has 96 valence electrons. The van der Waals surface area contributed by atoms with Crippen molar-refractivity contribution in [3.63, 3.8) is 0 Å². The molecule has 1 amide bonds. The van der Waals surface area contributed by atoms with Gasteiger partial charge in [-0.1, -0.05) is 23.2 Å². The second-order valence-electron chi connectivity index (χ2n) is 4.04. The van der Waals surface area contributed by atoms with E-state index in [4.69, 9.17) is 28.9 Å². The number of halogens is 2. The first-order valence-corrected chi connectivity index (χ1v) is 5.84. The van der Waals surface area contributed by atoms with Gasteiger partial charge in [0.05, 0.1) is 15.7 Å². The van der Waals surface area contributed by atoms with Gasteiger partial charge in [0, 0.05) is 17.0 Å². The smallest absolute Gasteiger partial charge is 0.234 e.